The summed E-state index contributed by atoms with van der Waals surface area (Å²) in [6, 6.07) is 4.35. The molecule has 2 rings (SSSR count). The van der Waals surface area contributed by atoms with Crippen molar-refractivity contribution in [3.05, 3.63) is 45.1 Å². The second-order valence-electron chi connectivity index (χ2n) is 3.33. The molecule has 0 saturated heterocycles. The quantitative estimate of drug-likeness (QED) is 0.850. The van der Waals surface area contributed by atoms with Crippen LogP contribution in [0.3, 0.4) is 0 Å². The van der Waals surface area contributed by atoms with Gasteiger partial charge in [-0.2, -0.15) is 0 Å². The predicted octanol–water partition coefficient (Wildman–Crippen LogP) is 4.04. The Balaban J connectivity index is 2.22. The van der Waals surface area contributed by atoms with Gasteiger partial charge in [-0.25, -0.2) is 9.37 Å². The average Bonchev–Trinajstić information content (AvgIpc) is 2.76. The number of halogens is 3. The van der Waals surface area contributed by atoms with E-state index in [0.717, 1.165) is 0 Å². The number of carbonyl (C=O) groups is 1. The highest BCUT2D eigenvalue weighted by Gasteiger charge is 2.16. The van der Waals surface area contributed by atoms with E-state index in [1.165, 1.54) is 23.5 Å². The Morgan fingerprint density at radius 1 is 1.56 bits per heavy atom. The van der Waals surface area contributed by atoms with Crippen molar-refractivity contribution < 1.29 is 9.18 Å². The highest BCUT2D eigenvalue weighted by molar-refractivity contribution is 9.10. The molecule has 1 aromatic carbocycles. The number of hydrogen-bond donors (Lipinski definition) is 1. The SMILES string of the molecule is O=C(Nc1nc(CCl)cs1)c1c(F)cccc1Br. The Kier molecular flexibility index (Phi) is 4.31. The van der Waals surface area contributed by atoms with Gasteiger partial charge in [0.2, 0.25) is 0 Å². The number of nitrogens with zero attached hydrogens (tertiary/aromatic N) is 1. The van der Waals surface area contributed by atoms with Crippen molar-refractivity contribution >= 4 is 49.9 Å². The first-order chi connectivity index (χ1) is 8.61. The van der Waals surface area contributed by atoms with E-state index in [4.69, 9.17) is 11.6 Å². The molecule has 0 aliphatic carbocycles. The lowest BCUT2D eigenvalue weighted by Crippen LogP contribution is -2.14. The monoisotopic (exact) mass is 348 g/mol. The molecule has 0 fully saturated rings. The van der Waals surface area contributed by atoms with Gasteiger partial charge in [0.15, 0.2) is 5.13 Å². The van der Waals surface area contributed by atoms with E-state index in [0.29, 0.717) is 15.3 Å². The van der Waals surface area contributed by atoms with Gasteiger partial charge < -0.3 is 0 Å². The summed E-state index contributed by atoms with van der Waals surface area (Å²) in [5, 5.41) is 4.66. The number of alkyl halides is 1. The normalized spacial score (nSPS) is 10.4. The fourth-order valence-corrected chi connectivity index (χ4v) is 2.76. The first kappa shape index (κ1) is 13.5. The van der Waals surface area contributed by atoms with Crippen LogP contribution < -0.4 is 5.32 Å². The van der Waals surface area contributed by atoms with E-state index in [9.17, 15) is 9.18 Å². The van der Waals surface area contributed by atoms with Gasteiger partial charge in [0.25, 0.3) is 5.91 Å². The van der Waals surface area contributed by atoms with Gasteiger partial charge in [-0.1, -0.05) is 6.07 Å². The summed E-state index contributed by atoms with van der Waals surface area (Å²) < 4.78 is 13.9. The smallest absolute Gasteiger partial charge is 0.261 e. The molecular weight excluding hydrogens is 343 g/mol. The molecule has 1 amide bonds. The third-order valence-corrected chi connectivity index (χ3v) is 3.84. The van der Waals surface area contributed by atoms with E-state index >= 15 is 0 Å². The van der Waals surface area contributed by atoms with Gasteiger partial charge in [0.05, 0.1) is 17.1 Å². The molecule has 0 atom stereocenters. The molecule has 3 nitrogen and oxygen atoms in total. The van der Waals surface area contributed by atoms with Gasteiger partial charge in [-0.05, 0) is 28.1 Å². The van der Waals surface area contributed by atoms with E-state index in [1.54, 1.807) is 11.4 Å². The summed E-state index contributed by atoms with van der Waals surface area (Å²) in [4.78, 5) is 16.0. The number of thiazole rings is 1. The van der Waals surface area contributed by atoms with Gasteiger partial charge >= 0.3 is 0 Å². The third kappa shape index (κ3) is 2.88. The molecule has 0 aliphatic heterocycles. The van der Waals surface area contributed by atoms with E-state index in [1.807, 2.05) is 0 Å². The van der Waals surface area contributed by atoms with Crippen LogP contribution in [0, 0.1) is 5.82 Å². The second-order valence-corrected chi connectivity index (χ2v) is 5.31. The average molecular weight is 350 g/mol. The fourth-order valence-electron chi connectivity index (χ4n) is 1.30. The van der Waals surface area contributed by atoms with Crippen LogP contribution in [0.4, 0.5) is 9.52 Å². The number of benzene rings is 1. The Labute approximate surface area is 120 Å². The molecule has 0 aliphatic rings. The number of hydrogen-bond acceptors (Lipinski definition) is 3. The lowest BCUT2D eigenvalue weighted by atomic mass is 10.2. The Bertz CT molecular complexity index is 570. The zero-order valence-electron chi connectivity index (χ0n) is 8.91. The van der Waals surface area contributed by atoms with Crippen molar-refractivity contribution in [2.45, 2.75) is 5.88 Å². The van der Waals surface area contributed by atoms with Crippen LogP contribution in [0.1, 0.15) is 16.1 Å². The van der Waals surface area contributed by atoms with Gasteiger partial charge in [-0.3, -0.25) is 10.1 Å². The minimum Gasteiger partial charge on any atom is -0.298 e. The number of rotatable bonds is 3. The number of carbonyl (C=O) groups excluding carboxylic acids is 1. The first-order valence-electron chi connectivity index (χ1n) is 4.87. The lowest BCUT2D eigenvalue weighted by molar-refractivity contribution is 0.102. The van der Waals surface area contributed by atoms with Gasteiger partial charge in [0, 0.05) is 9.85 Å². The Morgan fingerprint density at radius 2 is 2.33 bits per heavy atom. The largest absolute Gasteiger partial charge is 0.298 e. The summed E-state index contributed by atoms with van der Waals surface area (Å²) in [6.07, 6.45) is 0. The Morgan fingerprint density at radius 3 is 2.94 bits per heavy atom. The lowest BCUT2D eigenvalue weighted by Gasteiger charge is -2.05. The molecule has 1 N–H and O–H groups in total. The zero-order chi connectivity index (χ0) is 13.1. The third-order valence-electron chi connectivity index (χ3n) is 2.10. The molecule has 2 aromatic rings. The topological polar surface area (TPSA) is 42.0 Å². The fraction of sp³-hybridized carbons (Fsp3) is 0.0909. The highest BCUT2D eigenvalue weighted by Crippen LogP contribution is 2.22. The molecule has 0 unspecified atom stereocenters. The zero-order valence-corrected chi connectivity index (χ0v) is 12.1. The maximum absolute atomic E-state index is 13.5. The maximum atomic E-state index is 13.5. The van der Waals surface area contributed by atoms with Crippen molar-refractivity contribution in [1.82, 2.24) is 4.98 Å². The molecular formula is C11H7BrClFN2OS. The minimum atomic E-state index is -0.587. The molecule has 94 valence electrons. The van der Waals surface area contributed by atoms with Crippen molar-refractivity contribution in [1.29, 1.82) is 0 Å². The molecule has 7 heteroatoms. The Hall–Kier alpha value is -0.980. The number of nitrogens with one attached hydrogen (secondary N) is 1. The van der Waals surface area contributed by atoms with Crippen molar-refractivity contribution in [3.8, 4) is 0 Å². The van der Waals surface area contributed by atoms with Gasteiger partial charge in [0.1, 0.15) is 5.82 Å². The highest BCUT2D eigenvalue weighted by atomic mass is 79.9. The summed E-state index contributed by atoms with van der Waals surface area (Å²) in [7, 11) is 0. The van der Waals surface area contributed by atoms with Crippen molar-refractivity contribution in [3.63, 3.8) is 0 Å². The first-order valence-corrected chi connectivity index (χ1v) is 7.08. The van der Waals surface area contributed by atoms with Crippen LogP contribution in [0.2, 0.25) is 0 Å². The van der Waals surface area contributed by atoms with Crippen LogP contribution in [0.15, 0.2) is 28.1 Å². The van der Waals surface area contributed by atoms with Crippen LogP contribution in [0.25, 0.3) is 0 Å². The second kappa shape index (κ2) is 5.77. The molecule has 1 heterocycles. The molecule has 0 spiro atoms. The minimum absolute atomic E-state index is 0.0416. The maximum Gasteiger partial charge on any atom is 0.261 e. The van der Waals surface area contributed by atoms with Crippen LogP contribution >= 0.6 is 38.9 Å². The summed E-state index contributed by atoms with van der Waals surface area (Å²) in [5.74, 6) is -0.859. The molecule has 18 heavy (non-hydrogen) atoms. The van der Waals surface area contributed by atoms with Gasteiger partial charge in [-0.15, -0.1) is 22.9 Å². The van der Waals surface area contributed by atoms with Crippen LogP contribution in [-0.2, 0) is 5.88 Å². The summed E-state index contributed by atoms with van der Waals surface area (Å²) in [5.41, 5.74) is 0.629. The molecule has 1 aromatic heterocycles. The van der Waals surface area contributed by atoms with E-state index < -0.39 is 11.7 Å². The molecule has 0 bridgehead atoms. The van der Waals surface area contributed by atoms with Crippen molar-refractivity contribution in [2.24, 2.45) is 0 Å². The van der Waals surface area contributed by atoms with E-state index in [2.05, 4.69) is 26.2 Å². The van der Waals surface area contributed by atoms with Crippen LogP contribution in [0.5, 0.6) is 0 Å². The molecule has 0 saturated carbocycles. The van der Waals surface area contributed by atoms with E-state index in [-0.39, 0.29) is 11.4 Å². The number of anilines is 1. The molecule has 0 radical (unpaired) electrons. The standard InChI is InChI=1S/C11H7BrClFN2OS/c12-7-2-1-3-8(14)9(7)10(17)16-11-15-6(4-13)5-18-11/h1-3,5H,4H2,(H,15,16,17). The number of aromatic nitrogens is 1. The van der Waals surface area contributed by atoms with Crippen molar-refractivity contribution in [2.75, 3.05) is 5.32 Å². The summed E-state index contributed by atoms with van der Waals surface area (Å²) >= 11 is 9.99. The predicted molar refractivity (Wildman–Crippen MR) is 73.7 cm³/mol. The summed E-state index contributed by atoms with van der Waals surface area (Å²) in [6.45, 7) is 0. The number of amides is 1. The van der Waals surface area contributed by atoms with Crippen LogP contribution in [-0.4, -0.2) is 10.9 Å².